The molecule has 0 unspecified atom stereocenters. The Hall–Kier alpha value is -1.92. The third kappa shape index (κ3) is 3.40. The summed E-state index contributed by atoms with van der Waals surface area (Å²) in [4.78, 5) is -0.131. The molecule has 4 nitrogen and oxygen atoms in total. The van der Waals surface area contributed by atoms with Gasteiger partial charge in [-0.25, -0.2) is 17.5 Å². The zero-order chi connectivity index (χ0) is 15.6. The van der Waals surface area contributed by atoms with Gasteiger partial charge in [0.05, 0.1) is 4.90 Å². The first-order valence-corrected chi connectivity index (χ1v) is 7.89. The predicted octanol–water partition coefficient (Wildman–Crippen LogP) is 2.50. The first-order chi connectivity index (χ1) is 9.81. The van der Waals surface area contributed by atoms with Gasteiger partial charge < -0.3 is 5.73 Å². The van der Waals surface area contributed by atoms with E-state index in [0.29, 0.717) is 0 Å². The number of benzene rings is 2. The molecule has 0 atom stereocenters. The Kier molecular flexibility index (Phi) is 4.29. The molecule has 0 bridgehead atoms. The van der Waals surface area contributed by atoms with Gasteiger partial charge in [-0.3, -0.25) is 0 Å². The number of anilines is 1. The van der Waals surface area contributed by atoms with Crippen LogP contribution in [0, 0.1) is 19.7 Å². The highest BCUT2D eigenvalue weighted by atomic mass is 32.2. The molecule has 0 aromatic heterocycles. The van der Waals surface area contributed by atoms with Crippen molar-refractivity contribution in [3.63, 3.8) is 0 Å². The fourth-order valence-electron chi connectivity index (χ4n) is 2.01. The van der Waals surface area contributed by atoms with Gasteiger partial charge in [0, 0.05) is 17.8 Å². The average molecular weight is 308 g/mol. The number of hydrogen-bond acceptors (Lipinski definition) is 3. The van der Waals surface area contributed by atoms with E-state index in [4.69, 9.17) is 5.73 Å². The summed E-state index contributed by atoms with van der Waals surface area (Å²) in [5.74, 6) is -0.633. The number of rotatable bonds is 4. The van der Waals surface area contributed by atoms with Gasteiger partial charge in [-0.05, 0) is 37.1 Å². The maximum atomic E-state index is 13.6. The van der Waals surface area contributed by atoms with Crippen molar-refractivity contribution in [3.05, 3.63) is 58.9 Å². The summed E-state index contributed by atoms with van der Waals surface area (Å²) in [6.45, 7) is 3.46. The number of sulfonamides is 1. The van der Waals surface area contributed by atoms with Crippen molar-refractivity contribution < 1.29 is 12.8 Å². The van der Waals surface area contributed by atoms with Crippen molar-refractivity contribution >= 4 is 15.7 Å². The van der Waals surface area contributed by atoms with Crippen LogP contribution in [0.1, 0.15) is 16.7 Å². The minimum atomic E-state index is -3.82. The lowest BCUT2D eigenvalue weighted by molar-refractivity contribution is 0.574. The zero-order valence-electron chi connectivity index (χ0n) is 11.9. The second-order valence-electron chi connectivity index (χ2n) is 4.88. The lowest BCUT2D eigenvalue weighted by Crippen LogP contribution is -2.24. The van der Waals surface area contributed by atoms with Crippen LogP contribution >= 0.6 is 0 Å². The molecule has 0 spiro atoms. The molecule has 2 aromatic rings. The SMILES string of the molecule is Cc1ccccc1CNS(=O)(=O)c1cc(N)cc(F)c1C. The van der Waals surface area contributed by atoms with Gasteiger partial charge in [0.15, 0.2) is 0 Å². The molecular formula is C15H17FN2O2S. The molecular weight excluding hydrogens is 291 g/mol. The van der Waals surface area contributed by atoms with Crippen molar-refractivity contribution in [2.45, 2.75) is 25.3 Å². The van der Waals surface area contributed by atoms with Gasteiger partial charge in [0.2, 0.25) is 10.0 Å². The summed E-state index contributed by atoms with van der Waals surface area (Å²) in [7, 11) is -3.82. The topological polar surface area (TPSA) is 72.2 Å². The Morgan fingerprint density at radius 3 is 2.52 bits per heavy atom. The molecule has 0 fully saturated rings. The van der Waals surface area contributed by atoms with Crippen LogP contribution in [0.3, 0.4) is 0 Å². The smallest absolute Gasteiger partial charge is 0.241 e. The number of aryl methyl sites for hydroxylation is 1. The van der Waals surface area contributed by atoms with E-state index in [0.717, 1.165) is 17.2 Å². The molecule has 0 aliphatic heterocycles. The van der Waals surface area contributed by atoms with Crippen molar-refractivity contribution in [2.24, 2.45) is 0 Å². The molecule has 0 radical (unpaired) electrons. The molecule has 2 rings (SSSR count). The number of nitrogens with one attached hydrogen (secondary N) is 1. The lowest BCUT2D eigenvalue weighted by Gasteiger charge is -2.12. The van der Waals surface area contributed by atoms with E-state index >= 15 is 0 Å². The minimum absolute atomic E-state index is 0.0569. The molecule has 6 heteroatoms. The van der Waals surface area contributed by atoms with Crippen LogP contribution in [0.4, 0.5) is 10.1 Å². The maximum Gasteiger partial charge on any atom is 0.241 e. The number of nitrogens with two attached hydrogens (primary N) is 1. The van der Waals surface area contributed by atoms with Crippen molar-refractivity contribution in [3.8, 4) is 0 Å². The number of hydrogen-bond donors (Lipinski definition) is 2. The third-order valence-corrected chi connectivity index (χ3v) is 4.85. The van der Waals surface area contributed by atoms with Crippen LogP contribution in [-0.4, -0.2) is 8.42 Å². The highest BCUT2D eigenvalue weighted by Crippen LogP contribution is 2.22. The summed E-state index contributed by atoms with van der Waals surface area (Å²) in [5.41, 5.74) is 7.51. The molecule has 0 aliphatic rings. The fraction of sp³-hybridized carbons (Fsp3) is 0.200. The van der Waals surface area contributed by atoms with E-state index in [9.17, 15) is 12.8 Å². The summed E-state index contributed by atoms with van der Waals surface area (Å²) in [6, 6.07) is 9.82. The standard InChI is InChI=1S/C15H17FN2O2S/c1-10-5-3-4-6-12(10)9-18-21(19,20)15-8-13(17)7-14(16)11(15)2/h3-8,18H,9,17H2,1-2H3. The molecule has 112 valence electrons. The van der Waals surface area contributed by atoms with E-state index in [1.807, 2.05) is 31.2 Å². The Bertz CT molecular complexity index is 773. The van der Waals surface area contributed by atoms with Gasteiger partial charge in [-0.1, -0.05) is 24.3 Å². The zero-order valence-corrected chi connectivity index (χ0v) is 12.7. The summed E-state index contributed by atoms with van der Waals surface area (Å²) >= 11 is 0. The Labute approximate surface area is 123 Å². The number of halogens is 1. The van der Waals surface area contributed by atoms with Gasteiger partial charge in [0.25, 0.3) is 0 Å². The maximum absolute atomic E-state index is 13.6. The summed E-state index contributed by atoms with van der Waals surface area (Å²) in [5, 5.41) is 0. The van der Waals surface area contributed by atoms with E-state index in [1.54, 1.807) is 0 Å². The minimum Gasteiger partial charge on any atom is -0.399 e. The van der Waals surface area contributed by atoms with E-state index in [2.05, 4.69) is 4.72 Å². The van der Waals surface area contributed by atoms with Crippen molar-refractivity contribution in [1.82, 2.24) is 4.72 Å². The highest BCUT2D eigenvalue weighted by molar-refractivity contribution is 7.89. The Morgan fingerprint density at radius 2 is 1.86 bits per heavy atom. The lowest BCUT2D eigenvalue weighted by atomic mass is 10.1. The highest BCUT2D eigenvalue weighted by Gasteiger charge is 2.19. The fourth-order valence-corrected chi connectivity index (χ4v) is 3.30. The van der Waals surface area contributed by atoms with Gasteiger partial charge in [-0.2, -0.15) is 0 Å². The Balaban J connectivity index is 2.30. The third-order valence-electron chi connectivity index (χ3n) is 3.32. The average Bonchev–Trinajstić information content (AvgIpc) is 2.42. The van der Waals surface area contributed by atoms with Crippen molar-refractivity contribution in [2.75, 3.05) is 5.73 Å². The first-order valence-electron chi connectivity index (χ1n) is 6.41. The largest absolute Gasteiger partial charge is 0.399 e. The Morgan fingerprint density at radius 1 is 1.19 bits per heavy atom. The molecule has 0 aliphatic carbocycles. The molecule has 21 heavy (non-hydrogen) atoms. The number of nitrogen functional groups attached to an aromatic ring is 1. The molecule has 3 N–H and O–H groups in total. The summed E-state index contributed by atoms with van der Waals surface area (Å²) in [6.07, 6.45) is 0. The molecule has 0 saturated heterocycles. The van der Waals surface area contributed by atoms with Crippen LogP contribution in [0.15, 0.2) is 41.3 Å². The van der Waals surface area contributed by atoms with Crippen LogP contribution in [0.2, 0.25) is 0 Å². The van der Waals surface area contributed by atoms with Crippen LogP contribution < -0.4 is 10.5 Å². The summed E-state index contributed by atoms with van der Waals surface area (Å²) < 4.78 is 40.7. The van der Waals surface area contributed by atoms with Crippen LogP contribution in [0.25, 0.3) is 0 Å². The van der Waals surface area contributed by atoms with Crippen LogP contribution in [0.5, 0.6) is 0 Å². The quantitative estimate of drug-likeness (QED) is 0.852. The normalized spacial score (nSPS) is 11.6. The predicted molar refractivity (Wildman–Crippen MR) is 80.8 cm³/mol. The van der Waals surface area contributed by atoms with Gasteiger partial charge in [-0.15, -0.1) is 0 Å². The van der Waals surface area contributed by atoms with E-state index < -0.39 is 15.8 Å². The molecule has 0 heterocycles. The van der Waals surface area contributed by atoms with Gasteiger partial charge in [0.1, 0.15) is 5.82 Å². The van der Waals surface area contributed by atoms with E-state index in [-0.39, 0.29) is 22.7 Å². The first kappa shape index (κ1) is 15.5. The van der Waals surface area contributed by atoms with Crippen molar-refractivity contribution in [1.29, 1.82) is 0 Å². The second kappa shape index (κ2) is 5.83. The van der Waals surface area contributed by atoms with Crippen LogP contribution in [-0.2, 0) is 16.6 Å². The monoisotopic (exact) mass is 308 g/mol. The molecule has 0 saturated carbocycles. The van der Waals surface area contributed by atoms with E-state index in [1.165, 1.54) is 13.0 Å². The van der Waals surface area contributed by atoms with Gasteiger partial charge >= 0.3 is 0 Å². The molecule has 2 aromatic carbocycles. The second-order valence-corrected chi connectivity index (χ2v) is 6.61. The molecule has 0 amide bonds.